The van der Waals surface area contributed by atoms with Gasteiger partial charge in [0.15, 0.2) is 6.61 Å². The van der Waals surface area contributed by atoms with Crippen LogP contribution in [0.1, 0.15) is 63.0 Å². The first-order chi connectivity index (χ1) is 32.1. The van der Waals surface area contributed by atoms with Crippen molar-refractivity contribution in [3.63, 3.8) is 0 Å². The molecule has 1 aromatic heterocycles. The highest BCUT2D eigenvalue weighted by Gasteiger charge is 2.34. The van der Waals surface area contributed by atoms with Crippen LogP contribution in [0.5, 0.6) is 17.2 Å². The van der Waals surface area contributed by atoms with Gasteiger partial charge in [-0.15, -0.1) is 0 Å². The number of rotatable bonds is 18. The van der Waals surface area contributed by atoms with Gasteiger partial charge in [0.1, 0.15) is 23.2 Å². The Kier molecular flexibility index (Phi) is 14.7. The number of likely N-dealkylation sites (tertiary alicyclic amines) is 2. The van der Waals surface area contributed by atoms with Crippen LogP contribution >= 0.6 is 0 Å². The number of hydrogen-bond acceptors (Lipinski definition) is 11. The molecule has 342 valence electrons. The highest BCUT2D eigenvalue weighted by molar-refractivity contribution is 5.97. The molecule has 0 saturated carbocycles. The minimum Gasteiger partial charge on any atom is -0.506 e. The highest BCUT2D eigenvalue weighted by Crippen LogP contribution is 2.31. The number of piperidine rings is 1. The van der Waals surface area contributed by atoms with Gasteiger partial charge in [-0.25, -0.2) is 0 Å². The molecular weight excluding hydrogens is 839 g/mol. The zero-order valence-electron chi connectivity index (χ0n) is 36.9. The summed E-state index contributed by atoms with van der Waals surface area (Å²) in [6.45, 7) is 4.14. The molecular formula is C52H55N5O9. The van der Waals surface area contributed by atoms with E-state index in [0.717, 1.165) is 43.6 Å². The van der Waals surface area contributed by atoms with Crippen LogP contribution in [0.3, 0.4) is 0 Å². The molecule has 2 saturated heterocycles. The molecule has 0 bridgehead atoms. The number of carbonyl (C=O) groups is 3. The van der Waals surface area contributed by atoms with Crippen LogP contribution in [0.2, 0.25) is 0 Å². The summed E-state index contributed by atoms with van der Waals surface area (Å²) in [4.78, 5) is 58.7. The van der Waals surface area contributed by atoms with Crippen LogP contribution in [0.4, 0.5) is 0 Å². The summed E-state index contributed by atoms with van der Waals surface area (Å²) in [7, 11) is 1.49. The zero-order valence-corrected chi connectivity index (χ0v) is 36.9. The Balaban J connectivity index is 0.788. The second-order valence-electron chi connectivity index (χ2n) is 17.0. The van der Waals surface area contributed by atoms with Gasteiger partial charge in [0.05, 0.1) is 36.9 Å². The molecule has 0 spiro atoms. The van der Waals surface area contributed by atoms with Crippen LogP contribution in [-0.4, -0.2) is 102 Å². The lowest BCUT2D eigenvalue weighted by Crippen LogP contribution is -2.61. The number of aliphatic hydroxyl groups is 1. The molecule has 2 atom stereocenters. The lowest BCUT2D eigenvalue weighted by atomic mass is 9.91. The summed E-state index contributed by atoms with van der Waals surface area (Å²) in [5.41, 5.74) is 4.48. The largest absolute Gasteiger partial charge is 0.506 e. The number of phenols is 1. The van der Waals surface area contributed by atoms with Crippen molar-refractivity contribution in [3.05, 3.63) is 171 Å². The SMILES string of the molecule is COc1cc(CNC[C@H](O)c2ccc(O)c3[nH]c(=O)ccc23)ccc1C(=O)N1CC(NC(=O)COc2cccc(C(C(=O)OCC3CCN(Cc4ccccc4)CC3)c3ccccc3)c2)C1. The van der Waals surface area contributed by atoms with Crippen LogP contribution in [0.25, 0.3) is 10.9 Å². The van der Waals surface area contributed by atoms with Crippen molar-refractivity contribution >= 4 is 28.7 Å². The Labute approximate surface area is 383 Å². The van der Waals surface area contributed by atoms with E-state index in [1.54, 1.807) is 47.4 Å². The summed E-state index contributed by atoms with van der Waals surface area (Å²) in [5.74, 6) is -0.502. The van der Waals surface area contributed by atoms with Gasteiger partial charge in [-0.2, -0.15) is 0 Å². The van der Waals surface area contributed by atoms with E-state index in [0.29, 0.717) is 65.7 Å². The Morgan fingerprint density at radius 1 is 0.833 bits per heavy atom. The maximum atomic E-state index is 13.8. The number of aromatic hydroxyl groups is 1. The van der Waals surface area contributed by atoms with Gasteiger partial charge in [0.2, 0.25) is 5.56 Å². The molecule has 5 aromatic carbocycles. The number of H-pyrrole nitrogens is 1. The number of amides is 2. The Hall–Kier alpha value is -7.00. The summed E-state index contributed by atoms with van der Waals surface area (Å²) >= 11 is 0. The molecule has 8 rings (SSSR count). The van der Waals surface area contributed by atoms with E-state index in [2.05, 4.69) is 44.8 Å². The maximum Gasteiger partial charge on any atom is 0.317 e. The van der Waals surface area contributed by atoms with E-state index in [-0.39, 0.29) is 53.8 Å². The van der Waals surface area contributed by atoms with Crippen molar-refractivity contribution in [2.45, 2.75) is 44.0 Å². The van der Waals surface area contributed by atoms with Crippen LogP contribution in [0, 0.1) is 5.92 Å². The van der Waals surface area contributed by atoms with Crippen molar-refractivity contribution in [1.82, 2.24) is 25.4 Å². The number of pyridine rings is 1. The standard InChI is InChI=1S/C52H55N5O9/c1-64-46-25-36(27-53-28-45(59)41-17-19-44(58)50-42(41)18-20-47(60)55-50)15-16-43(46)51(62)57-30-39(31-57)54-48(61)33-65-40-14-8-13-38(26-40)49(37-11-6-3-7-12-37)52(63)66-32-35-21-23-56(24-22-35)29-34-9-4-2-5-10-34/h2-20,25-26,35,39,45,49,53,58-59H,21-24,27-33H2,1H3,(H,54,61)(H,55,60)/t45-,49?/m0/s1. The number of benzene rings is 5. The fourth-order valence-corrected chi connectivity index (χ4v) is 8.69. The second-order valence-corrected chi connectivity index (χ2v) is 17.0. The van der Waals surface area contributed by atoms with Crippen molar-refractivity contribution < 1.29 is 38.8 Å². The number of phenolic OH excluding ortho intramolecular Hbond substituents is 1. The van der Waals surface area contributed by atoms with Crippen molar-refractivity contribution in [1.29, 1.82) is 0 Å². The topological polar surface area (TPSA) is 183 Å². The lowest BCUT2D eigenvalue weighted by Gasteiger charge is -2.39. The van der Waals surface area contributed by atoms with E-state index < -0.39 is 12.0 Å². The molecule has 14 nitrogen and oxygen atoms in total. The van der Waals surface area contributed by atoms with Crippen LogP contribution in [-0.2, 0) is 27.4 Å². The van der Waals surface area contributed by atoms with E-state index in [1.807, 2.05) is 48.5 Å². The number of esters is 1. The van der Waals surface area contributed by atoms with Gasteiger partial charge >= 0.3 is 5.97 Å². The quantitative estimate of drug-likeness (QED) is 0.0671. The number of hydrogen-bond donors (Lipinski definition) is 5. The Bertz CT molecular complexity index is 2680. The summed E-state index contributed by atoms with van der Waals surface area (Å²) in [5, 5.41) is 27.8. The molecule has 0 aliphatic carbocycles. The fraction of sp³-hybridized carbons (Fsp3) is 0.308. The van der Waals surface area contributed by atoms with E-state index >= 15 is 0 Å². The number of aliphatic hydroxyl groups excluding tert-OH is 1. The molecule has 2 aliphatic rings. The van der Waals surface area contributed by atoms with Gasteiger partial charge in [-0.05, 0) is 96.1 Å². The third kappa shape index (κ3) is 11.3. The number of fused-ring (bicyclic) bond motifs is 1. The molecule has 1 unspecified atom stereocenters. The van der Waals surface area contributed by atoms with Crippen LogP contribution in [0.15, 0.2) is 132 Å². The molecule has 5 N–H and O–H groups in total. The van der Waals surface area contributed by atoms with Crippen molar-refractivity contribution in [3.8, 4) is 17.2 Å². The minimum atomic E-state index is -0.926. The van der Waals surface area contributed by atoms with Gasteiger partial charge < -0.3 is 44.9 Å². The molecule has 2 fully saturated rings. The summed E-state index contributed by atoms with van der Waals surface area (Å²) in [6.07, 6.45) is 0.997. The average Bonchev–Trinajstić information content (AvgIpc) is 3.32. The first kappa shape index (κ1) is 45.6. The molecule has 6 aromatic rings. The van der Waals surface area contributed by atoms with Gasteiger partial charge in [0.25, 0.3) is 11.8 Å². The number of nitrogens with one attached hydrogen (secondary N) is 3. The predicted octanol–water partition coefficient (Wildman–Crippen LogP) is 5.67. The monoisotopic (exact) mass is 893 g/mol. The first-order valence-electron chi connectivity index (χ1n) is 22.3. The smallest absolute Gasteiger partial charge is 0.317 e. The number of carbonyl (C=O) groups excluding carboxylic acids is 3. The van der Waals surface area contributed by atoms with Gasteiger partial charge in [-0.3, -0.25) is 24.1 Å². The fourth-order valence-electron chi connectivity index (χ4n) is 8.69. The molecule has 2 aliphatic heterocycles. The predicted molar refractivity (Wildman–Crippen MR) is 249 cm³/mol. The summed E-state index contributed by atoms with van der Waals surface area (Å²) < 4.78 is 17.5. The normalized spacial score (nSPS) is 15.4. The molecule has 14 heteroatoms. The van der Waals surface area contributed by atoms with Gasteiger partial charge in [0, 0.05) is 44.2 Å². The third-order valence-electron chi connectivity index (χ3n) is 12.3. The van der Waals surface area contributed by atoms with E-state index in [9.17, 15) is 29.4 Å². The van der Waals surface area contributed by atoms with E-state index in [4.69, 9.17) is 14.2 Å². The van der Waals surface area contributed by atoms with E-state index in [1.165, 1.54) is 24.8 Å². The minimum absolute atomic E-state index is 0.0810. The summed E-state index contributed by atoms with van der Waals surface area (Å²) in [6, 6.07) is 38.2. The number of nitrogens with zero attached hydrogens (tertiary/aromatic N) is 2. The first-order valence-corrected chi connectivity index (χ1v) is 22.3. The number of aromatic nitrogens is 1. The maximum absolute atomic E-state index is 13.8. The lowest BCUT2D eigenvalue weighted by molar-refractivity contribution is -0.146. The number of methoxy groups -OCH3 is 1. The third-order valence-corrected chi connectivity index (χ3v) is 12.3. The van der Waals surface area contributed by atoms with Crippen LogP contribution < -0.4 is 25.7 Å². The second kappa shape index (κ2) is 21.3. The van der Waals surface area contributed by atoms with Crippen molar-refractivity contribution in [2.75, 3.05) is 53.0 Å². The highest BCUT2D eigenvalue weighted by atomic mass is 16.5. The Morgan fingerprint density at radius 3 is 2.33 bits per heavy atom. The number of ether oxygens (including phenoxy) is 3. The molecule has 3 heterocycles. The average molecular weight is 894 g/mol. The molecule has 2 amide bonds. The zero-order chi connectivity index (χ0) is 46.0. The van der Waals surface area contributed by atoms with Crippen molar-refractivity contribution in [2.24, 2.45) is 5.92 Å². The molecule has 66 heavy (non-hydrogen) atoms. The molecule has 0 radical (unpaired) electrons. The Morgan fingerprint density at radius 2 is 1.58 bits per heavy atom. The van der Waals surface area contributed by atoms with Gasteiger partial charge in [-0.1, -0.05) is 84.9 Å². The number of aromatic amines is 1.